The van der Waals surface area contributed by atoms with Gasteiger partial charge in [0, 0.05) is 24.2 Å². The lowest BCUT2D eigenvalue weighted by molar-refractivity contribution is -0.139. The number of amides is 4. The summed E-state index contributed by atoms with van der Waals surface area (Å²) in [7, 11) is 1.96. The van der Waals surface area contributed by atoms with Gasteiger partial charge in [0.2, 0.25) is 0 Å². The first-order chi connectivity index (χ1) is 15.1. The normalized spacial score (nSPS) is 10.1. The molecule has 0 heterocycles. The second kappa shape index (κ2) is 17.6. The zero-order valence-electron chi connectivity index (χ0n) is 19.4. The maximum absolute atomic E-state index is 11.6. The number of nitrogens with one attached hydrogen (secondary N) is 4. The van der Waals surface area contributed by atoms with Crippen molar-refractivity contribution in [2.24, 2.45) is 0 Å². The highest BCUT2D eigenvalue weighted by atomic mass is 16.5. The molecule has 0 aliphatic heterocycles. The third-order valence-electron chi connectivity index (χ3n) is 3.94. The zero-order chi connectivity index (χ0) is 24.4. The SMILES string of the molecule is C=C(C)C(=O)OCCNC(=O)NCCCN(C)CCCNC(=O)NCCOC(=O)C(=C)C. The molecule has 0 rings (SSSR count). The Kier molecular flexibility index (Phi) is 15.9. The molecule has 182 valence electrons. The Morgan fingerprint density at radius 2 is 1.03 bits per heavy atom. The van der Waals surface area contributed by atoms with Crippen LogP contribution in [-0.4, -0.2) is 88.4 Å². The monoisotopic (exact) mass is 455 g/mol. The molecule has 0 aromatic heterocycles. The minimum Gasteiger partial charge on any atom is -0.460 e. The van der Waals surface area contributed by atoms with Gasteiger partial charge in [-0.3, -0.25) is 0 Å². The maximum atomic E-state index is 11.6. The Bertz CT molecular complexity index is 599. The van der Waals surface area contributed by atoms with Crippen molar-refractivity contribution in [2.45, 2.75) is 26.7 Å². The van der Waals surface area contributed by atoms with Gasteiger partial charge in [0.15, 0.2) is 0 Å². The molecule has 0 aliphatic rings. The Morgan fingerprint density at radius 3 is 1.38 bits per heavy atom. The molecule has 0 atom stereocenters. The van der Waals surface area contributed by atoms with Crippen LogP contribution in [-0.2, 0) is 19.1 Å². The second-order valence-electron chi connectivity index (χ2n) is 7.21. The van der Waals surface area contributed by atoms with E-state index in [2.05, 4.69) is 39.3 Å². The highest BCUT2D eigenvalue weighted by molar-refractivity contribution is 5.87. The molecule has 11 nitrogen and oxygen atoms in total. The minimum atomic E-state index is -0.479. The third-order valence-corrected chi connectivity index (χ3v) is 3.94. The van der Waals surface area contributed by atoms with Gasteiger partial charge in [-0.15, -0.1) is 0 Å². The Morgan fingerprint density at radius 1 is 0.688 bits per heavy atom. The summed E-state index contributed by atoms with van der Waals surface area (Å²) in [6.07, 6.45) is 1.54. The van der Waals surface area contributed by atoms with E-state index < -0.39 is 11.9 Å². The predicted octanol–water partition coefficient (Wildman–Crippen LogP) is 0.535. The second-order valence-corrected chi connectivity index (χ2v) is 7.21. The molecule has 0 spiro atoms. The summed E-state index contributed by atoms with van der Waals surface area (Å²) in [5.41, 5.74) is 0.632. The average Bonchev–Trinajstić information content (AvgIpc) is 2.74. The molecule has 0 bridgehead atoms. The van der Waals surface area contributed by atoms with Crippen LogP contribution in [0, 0.1) is 0 Å². The fourth-order valence-corrected chi connectivity index (χ4v) is 2.20. The summed E-state index contributed by atoms with van der Waals surface area (Å²) in [5.74, 6) is -0.958. The van der Waals surface area contributed by atoms with Crippen LogP contribution in [0.4, 0.5) is 9.59 Å². The van der Waals surface area contributed by atoms with Crippen LogP contribution in [0.5, 0.6) is 0 Å². The topological polar surface area (TPSA) is 138 Å². The summed E-state index contributed by atoms with van der Waals surface area (Å²) in [6.45, 7) is 13.3. The lowest BCUT2D eigenvalue weighted by Gasteiger charge is -2.17. The molecule has 11 heteroatoms. The quantitative estimate of drug-likeness (QED) is 0.151. The van der Waals surface area contributed by atoms with E-state index >= 15 is 0 Å². The molecule has 32 heavy (non-hydrogen) atoms. The van der Waals surface area contributed by atoms with Gasteiger partial charge in [0.05, 0.1) is 13.1 Å². The van der Waals surface area contributed by atoms with E-state index in [0.29, 0.717) is 24.2 Å². The van der Waals surface area contributed by atoms with Crippen LogP contribution in [0.25, 0.3) is 0 Å². The van der Waals surface area contributed by atoms with Crippen LogP contribution < -0.4 is 21.3 Å². The Hall–Kier alpha value is -3.08. The number of hydrogen-bond acceptors (Lipinski definition) is 7. The summed E-state index contributed by atoms with van der Waals surface area (Å²) >= 11 is 0. The number of hydrogen-bond donors (Lipinski definition) is 4. The summed E-state index contributed by atoms with van der Waals surface area (Å²) in [4.78, 5) is 47.7. The number of ether oxygens (including phenoxy) is 2. The van der Waals surface area contributed by atoms with E-state index in [0.717, 1.165) is 25.9 Å². The van der Waals surface area contributed by atoms with E-state index in [1.54, 1.807) is 13.8 Å². The van der Waals surface area contributed by atoms with E-state index in [-0.39, 0.29) is 38.4 Å². The Balaban J connectivity index is 3.58. The number of esters is 2. The minimum absolute atomic E-state index is 0.0936. The van der Waals surface area contributed by atoms with Gasteiger partial charge in [-0.2, -0.15) is 0 Å². The van der Waals surface area contributed by atoms with E-state index in [1.165, 1.54) is 0 Å². The third kappa shape index (κ3) is 16.7. The average molecular weight is 456 g/mol. The first-order valence-electron chi connectivity index (χ1n) is 10.5. The van der Waals surface area contributed by atoms with Gasteiger partial charge in [-0.05, 0) is 46.8 Å². The van der Waals surface area contributed by atoms with Gasteiger partial charge < -0.3 is 35.6 Å². The molecule has 0 radical (unpaired) electrons. The van der Waals surface area contributed by atoms with Crippen LogP contribution in [0.2, 0.25) is 0 Å². The van der Waals surface area contributed by atoms with Gasteiger partial charge in [0.1, 0.15) is 13.2 Å². The van der Waals surface area contributed by atoms with Crippen molar-refractivity contribution in [2.75, 3.05) is 59.5 Å². The zero-order valence-corrected chi connectivity index (χ0v) is 19.4. The maximum Gasteiger partial charge on any atom is 0.333 e. The molecule has 4 amide bonds. The summed E-state index contributed by atoms with van der Waals surface area (Å²) in [5, 5.41) is 10.7. The van der Waals surface area contributed by atoms with Crippen LogP contribution in [0.3, 0.4) is 0 Å². The van der Waals surface area contributed by atoms with Crippen LogP contribution in [0.1, 0.15) is 26.7 Å². The summed E-state index contributed by atoms with van der Waals surface area (Å²) in [6, 6.07) is -0.632. The first-order valence-corrected chi connectivity index (χ1v) is 10.5. The molecule has 0 aromatic carbocycles. The number of carbonyl (C=O) groups is 4. The van der Waals surface area contributed by atoms with Gasteiger partial charge in [-0.25, -0.2) is 19.2 Å². The van der Waals surface area contributed by atoms with Gasteiger partial charge in [0.25, 0.3) is 0 Å². The lowest BCUT2D eigenvalue weighted by Crippen LogP contribution is -2.39. The number of rotatable bonds is 16. The Labute approximate surface area is 189 Å². The fourth-order valence-electron chi connectivity index (χ4n) is 2.20. The molecular formula is C21H37N5O6. The number of carbonyl (C=O) groups excluding carboxylic acids is 4. The summed E-state index contributed by atoms with van der Waals surface area (Å²) < 4.78 is 9.75. The predicted molar refractivity (Wildman–Crippen MR) is 121 cm³/mol. The molecule has 0 unspecified atom stereocenters. The molecule has 0 aromatic rings. The van der Waals surface area contributed by atoms with Crippen molar-refractivity contribution in [3.63, 3.8) is 0 Å². The molecule has 4 N–H and O–H groups in total. The molecule has 0 aliphatic carbocycles. The van der Waals surface area contributed by atoms with Crippen molar-refractivity contribution in [3.8, 4) is 0 Å². The highest BCUT2D eigenvalue weighted by Crippen LogP contribution is 1.92. The smallest absolute Gasteiger partial charge is 0.333 e. The van der Waals surface area contributed by atoms with E-state index in [1.807, 2.05) is 7.05 Å². The largest absolute Gasteiger partial charge is 0.460 e. The van der Waals surface area contributed by atoms with Crippen molar-refractivity contribution in [3.05, 3.63) is 24.3 Å². The molecule has 0 saturated heterocycles. The lowest BCUT2D eigenvalue weighted by atomic mass is 10.3. The van der Waals surface area contributed by atoms with E-state index in [4.69, 9.17) is 9.47 Å². The fraction of sp³-hybridized carbons (Fsp3) is 0.619. The highest BCUT2D eigenvalue weighted by Gasteiger charge is 2.05. The van der Waals surface area contributed by atoms with E-state index in [9.17, 15) is 19.2 Å². The molecule has 0 fully saturated rings. The first kappa shape index (κ1) is 28.9. The molecule has 0 saturated carbocycles. The van der Waals surface area contributed by atoms with Crippen LogP contribution >= 0.6 is 0 Å². The van der Waals surface area contributed by atoms with Crippen molar-refractivity contribution in [1.29, 1.82) is 0 Å². The number of urea groups is 2. The van der Waals surface area contributed by atoms with Gasteiger partial charge in [-0.1, -0.05) is 13.2 Å². The molecular weight excluding hydrogens is 418 g/mol. The van der Waals surface area contributed by atoms with Gasteiger partial charge >= 0.3 is 24.0 Å². The van der Waals surface area contributed by atoms with Crippen molar-refractivity contribution >= 4 is 24.0 Å². The number of nitrogens with zero attached hydrogens (tertiary/aromatic N) is 1. The standard InChI is InChI=1S/C21H37N5O6/c1-16(2)18(27)31-14-10-24-20(29)22-8-6-12-26(5)13-7-9-23-21(30)25-11-15-32-19(28)17(3)4/h1,3,6-15H2,2,4-5H3,(H2,22,24,29)(H2,23,25,30). The van der Waals surface area contributed by atoms with Crippen LogP contribution in [0.15, 0.2) is 24.3 Å². The van der Waals surface area contributed by atoms with Crippen molar-refractivity contribution < 1.29 is 28.7 Å². The van der Waals surface area contributed by atoms with Crippen molar-refractivity contribution in [1.82, 2.24) is 26.2 Å².